The van der Waals surface area contributed by atoms with Crippen LogP contribution in [0.4, 0.5) is 16.3 Å². The number of hydrogen-bond donors (Lipinski definition) is 2. The summed E-state index contributed by atoms with van der Waals surface area (Å²) in [5.74, 6) is 0.136. The van der Waals surface area contributed by atoms with E-state index >= 15 is 0 Å². The standard InChI is InChI=1S/C28H36ClN5O3/c1-19-11-9-13-22(20(19)2)30-27(36)33(15-10-16-37-6)18-26(35)31-25-17-24(28(3,4)5)32-34(25)23-14-8-7-12-21(23)29/h7-9,11-14,17H,10,15-16,18H2,1-6H3,(H,30,36)(H,31,35). The highest BCUT2D eigenvalue weighted by Crippen LogP contribution is 2.29. The Morgan fingerprint density at radius 1 is 1.08 bits per heavy atom. The molecule has 0 radical (unpaired) electrons. The predicted octanol–water partition coefficient (Wildman–Crippen LogP) is 5.95. The third-order valence-corrected chi connectivity index (χ3v) is 6.39. The van der Waals surface area contributed by atoms with Crippen LogP contribution in [0.2, 0.25) is 5.02 Å². The molecule has 0 aliphatic rings. The molecule has 0 saturated carbocycles. The fraction of sp³-hybridized carbons (Fsp3) is 0.393. The van der Waals surface area contributed by atoms with Crippen molar-refractivity contribution in [1.29, 1.82) is 0 Å². The first-order chi connectivity index (χ1) is 17.5. The Morgan fingerprint density at radius 2 is 1.81 bits per heavy atom. The van der Waals surface area contributed by atoms with Gasteiger partial charge in [0.2, 0.25) is 5.91 Å². The number of amides is 3. The van der Waals surface area contributed by atoms with Gasteiger partial charge in [0.25, 0.3) is 0 Å². The van der Waals surface area contributed by atoms with E-state index in [1.165, 1.54) is 4.90 Å². The Morgan fingerprint density at radius 3 is 2.49 bits per heavy atom. The van der Waals surface area contributed by atoms with Crippen LogP contribution in [-0.2, 0) is 14.9 Å². The molecular formula is C28H36ClN5O3. The first-order valence-electron chi connectivity index (χ1n) is 12.3. The van der Waals surface area contributed by atoms with E-state index in [0.29, 0.717) is 41.8 Å². The number of rotatable bonds is 9. The van der Waals surface area contributed by atoms with Crippen molar-refractivity contribution in [2.75, 3.05) is 37.4 Å². The molecule has 0 fully saturated rings. The molecule has 2 aromatic carbocycles. The minimum Gasteiger partial charge on any atom is -0.385 e. The Hall–Kier alpha value is -3.36. The fourth-order valence-corrected chi connectivity index (χ4v) is 3.95. The third-order valence-electron chi connectivity index (χ3n) is 6.07. The van der Waals surface area contributed by atoms with Gasteiger partial charge >= 0.3 is 6.03 Å². The van der Waals surface area contributed by atoms with E-state index in [-0.39, 0.29) is 23.9 Å². The molecule has 0 aliphatic heterocycles. The summed E-state index contributed by atoms with van der Waals surface area (Å²) in [5, 5.41) is 11.1. The molecule has 2 N–H and O–H groups in total. The average molecular weight is 526 g/mol. The molecule has 198 valence electrons. The normalized spacial score (nSPS) is 11.3. The number of carbonyl (C=O) groups is 2. The van der Waals surface area contributed by atoms with Gasteiger partial charge in [-0.15, -0.1) is 0 Å². The number of methoxy groups -OCH3 is 1. The van der Waals surface area contributed by atoms with Crippen LogP contribution in [0.3, 0.4) is 0 Å². The summed E-state index contributed by atoms with van der Waals surface area (Å²) < 4.78 is 6.78. The molecular weight excluding hydrogens is 490 g/mol. The molecule has 0 spiro atoms. The molecule has 0 bridgehead atoms. The van der Waals surface area contributed by atoms with Crippen molar-refractivity contribution in [1.82, 2.24) is 14.7 Å². The molecule has 0 atom stereocenters. The first-order valence-corrected chi connectivity index (χ1v) is 12.7. The number of benzene rings is 2. The number of urea groups is 1. The summed E-state index contributed by atoms with van der Waals surface area (Å²) in [6.45, 7) is 10.8. The van der Waals surface area contributed by atoms with Crippen LogP contribution in [0.25, 0.3) is 5.69 Å². The van der Waals surface area contributed by atoms with Gasteiger partial charge in [0.05, 0.1) is 16.4 Å². The lowest BCUT2D eigenvalue weighted by atomic mass is 9.92. The summed E-state index contributed by atoms with van der Waals surface area (Å²) in [4.78, 5) is 27.9. The minimum atomic E-state index is -0.352. The van der Waals surface area contributed by atoms with Crippen LogP contribution in [0.5, 0.6) is 0 Å². The smallest absolute Gasteiger partial charge is 0.322 e. The van der Waals surface area contributed by atoms with Crippen molar-refractivity contribution >= 4 is 35.0 Å². The monoisotopic (exact) mass is 525 g/mol. The Labute approximate surface area is 223 Å². The highest BCUT2D eigenvalue weighted by Gasteiger charge is 2.24. The van der Waals surface area contributed by atoms with Gasteiger partial charge in [0, 0.05) is 37.4 Å². The van der Waals surface area contributed by atoms with Gasteiger partial charge in [-0.1, -0.05) is 56.6 Å². The van der Waals surface area contributed by atoms with Crippen molar-refractivity contribution in [3.05, 3.63) is 70.4 Å². The summed E-state index contributed by atoms with van der Waals surface area (Å²) in [7, 11) is 1.61. The number of anilines is 2. The van der Waals surface area contributed by atoms with Crippen LogP contribution < -0.4 is 10.6 Å². The SMILES string of the molecule is COCCCN(CC(=O)Nc1cc(C(C)(C)C)nn1-c1ccccc1Cl)C(=O)Nc1cccc(C)c1C. The third kappa shape index (κ3) is 7.33. The molecule has 0 aliphatic carbocycles. The molecule has 3 rings (SSSR count). The van der Waals surface area contributed by atoms with Crippen LogP contribution in [0, 0.1) is 13.8 Å². The molecule has 8 nitrogen and oxygen atoms in total. The topological polar surface area (TPSA) is 88.5 Å². The summed E-state index contributed by atoms with van der Waals surface area (Å²) in [6.07, 6.45) is 0.593. The van der Waals surface area contributed by atoms with Crippen molar-refractivity contribution in [3.8, 4) is 5.69 Å². The molecule has 3 aromatic rings. The van der Waals surface area contributed by atoms with E-state index in [1.807, 2.05) is 77.1 Å². The quantitative estimate of drug-likeness (QED) is 0.338. The summed E-state index contributed by atoms with van der Waals surface area (Å²) >= 11 is 6.44. The van der Waals surface area contributed by atoms with E-state index in [1.54, 1.807) is 17.9 Å². The molecule has 37 heavy (non-hydrogen) atoms. The van der Waals surface area contributed by atoms with E-state index in [4.69, 9.17) is 21.4 Å². The Balaban J connectivity index is 1.83. The van der Waals surface area contributed by atoms with Gasteiger partial charge in [0.15, 0.2) is 0 Å². The van der Waals surface area contributed by atoms with Crippen LogP contribution in [0.1, 0.15) is 44.0 Å². The zero-order valence-corrected chi connectivity index (χ0v) is 23.1. The van der Waals surface area contributed by atoms with Gasteiger partial charge in [-0.25, -0.2) is 9.48 Å². The average Bonchev–Trinajstić information content (AvgIpc) is 3.25. The minimum absolute atomic E-state index is 0.140. The summed E-state index contributed by atoms with van der Waals surface area (Å²) in [6, 6.07) is 14.5. The van der Waals surface area contributed by atoms with Gasteiger partial charge in [-0.3, -0.25) is 4.79 Å². The van der Waals surface area contributed by atoms with E-state index in [9.17, 15) is 9.59 Å². The number of nitrogens with one attached hydrogen (secondary N) is 2. The van der Waals surface area contributed by atoms with Gasteiger partial charge in [-0.2, -0.15) is 5.10 Å². The second-order valence-electron chi connectivity index (χ2n) is 10.0. The maximum atomic E-state index is 13.2. The Bertz CT molecular complexity index is 1250. The molecule has 9 heteroatoms. The number of carbonyl (C=O) groups excluding carboxylic acids is 2. The fourth-order valence-electron chi connectivity index (χ4n) is 3.73. The van der Waals surface area contributed by atoms with Crippen molar-refractivity contribution in [2.45, 2.75) is 46.5 Å². The lowest BCUT2D eigenvalue weighted by Crippen LogP contribution is -2.41. The highest BCUT2D eigenvalue weighted by atomic mass is 35.5. The lowest BCUT2D eigenvalue weighted by molar-refractivity contribution is -0.116. The van der Waals surface area contributed by atoms with Crippen molar-refractivity contribution < 1.29 is 14.3 Å². The number of ether oxygens (including phenoxy) is 1. The molecule has 0 saturated heterocycles. The second kappa shape index (κ2) is 12.3. The highest BCUT2D eigenvalue weighted by molar-refractivity contribution is 6.32. The van der Waals surface area contributed by atoms with Crippen LogP contribution in [-0.4, -0.2) is 53.4 Å². The van der Waals surface area contributed by atoms with Crippen LogP contribution >= 0.6 is 11.6 Å². The van der Waals surface area contributed by atoms with Crippen molar-refractivity contribution in [3.63, 3.8) is 0 Å². The van der Waals surface area contributed by atoms with E-state index in [0.717, 1.165) is 16.8 Å². The predicted molar refractivity (Wildman–Crippen MR) is 149 cm³/mol. The molecule has 0 unspecified atom stereocenters. The largest absolute Gasteiger partial charge is 0.385 e. The number of aromatic nitrogens is 2. The summed E-state index contributed by atoms with van der Waals surface area (Å²) in [5.41, 5.74) is 3.98. The maximum absolute atomic E-state index is 13.2. The second-order valence-corrected chi connectivity index (χ2v) is 10.4. The van der Waals surface area contributed by atoms with E-state index < -0.39 is 0 Å². The van der Waals surface area contributed by atoms with Crippen molar-refractivity contribution in [2.24, 2.45) is 0 Å². The first kappa shape index (κ1) is 28.2. The number of hydrogen-bond acceptors (Lipinski definition) is 4. The number of aryl methyl sites for hydroxylation is 1. The number of nitrogens with zero attached hydrogens (tertiary/aromatic N) is 3. The van der Waals surface area contributed by atoms with Gasteiger partial charge < -0.3 is 20.3 Å². The molecule has 1 heterocycles. The van der Waals surface area contributed by atoms with Crippen LogP contribution in [0.15, 0.2) is 48.5 Å². The zero-order chi connectivity index (χ0) is 27.2. The van der Waals surface area contributed by atoms with E-state index in [2.05, 4.69) is 10.6 Å². The van der Waals surface area contributed by atoms with Gasteiger partial charge in [-0.05, 0) is 49.6 Å². The zero-order valence-electron chi connectivity index (χ0n) is 22.4. The molecule has 1 aromatic heterocycles. The Kier molecular flexibility index (Phi) is 9.34. The number of halogens is 1. The lowest BCUT2D eigenvalue weighted by Gasteiger charge is -2.23. The molecule has 3 amide bonds. The van der Waals surface area contributed by atoms with Gasteiger partial charge in [0.1, 0.15) is 12.4 Å². The number of para-hydroxylation sites is 1. The maximum Gasteiger partial charge on any atom is 0.322 e.